The second-order valence-electron chi connectivity index (χ2n) is 13.4. The Bertz CT molecular complexity index is 1590. The maximum absolute atomic E-state index is 14.0. The van der Waals surface area contributed by atoms with E-state index in [-0.39, 0.29) is 46.0 Å². The molecule has 0 unspecified atom stereocenters. The number of ether oxygens (including phenoxy) is 1. The summed E-state index contributed by atoms with van der Waals surface area (Å²) in [6, 6.07) is 6.57. The molecule has 0 atom stereocenters. The molecule has 0 aromatic heterocycles. The van der Waals surface area contributed by atoms with Crippen LogP contribution in [0.25, 0.3) is 0 Å². The molecule has 2 aromatic carbocycles. The maximum Gasteiger partial charge on any atom is 0.416 e. The molecule has 2 aromatic rings. The van der Waals surface area contributed by atoms with Gasteiger partial charge in [-0.1, -0.05) is 46.2 Å². The van der Waals surface area contributed by atoms with Crippen LogP contribution < -0.4 is 4.74 Å². The molecule has 0 radical (unpaired) electrons. The van der Waals surface area contributed by atoms with E-state index in [1.54, 1.807) is 6.07 Å². The molecule has 0 saturated heterocycles. The lowest BCUT2D eigenvalue weighted by Gasteiger charge is -2.49. The largest absolute Gasteiger partial charge is 0.450 e. The van der Waals surface area contributed by atoms with E-state index in [4.69, 9.17) is 16.3 Å². The van der Waals surface area contributed by atoms with Gasteiger partial charge >= 0.3 is 11.9 Å². The van der Waals surface area contributed by atoms with Crippen LogP contribution in [0.5, 0.6) is 11.5 Å². The van der Waals surface area contributed by atoms with Gasteiger partial charge in [0.2, 0.25) is 5.75 Å². The van der Waals surface area contributed by atoms with Crippen molar-refractivity contribution in [2.24, 2.45) is 10.8 Å². The predicted molar refractivity (Wildman–Crippen MR) is 159 cm³/mol. The van der Waals surface area contributed by atoms with Gasteiger partial charge in [0.15, 0.2) is 11.6 Å². The van der Waals surface area contributed by atoms with Crippen molar-refractivity contribution >= 4 is 28.9 Å². The fourth-order valence-electron chi connectivity index (χ4n) is 6.73. The third-order valence-corrected chi connectivity index (χ3v) is 8.69. The zero-order valence-electron chi connectivity index (χ0n) is 25.2. The van der Waals surface area contributed by atoms with Gasteiger partial charge in [0, 0.05) is 64.5 Å². The van der Waals surface area contributed by atoms with E-state index < -0.39 is 34.0 Å². The van der Waals surface area contributed by atoms with Crippen molar-refractivity contribution in [1.82, 2.24) is 4.90 Å². The molecular formula is C33H34ClF3N2O5. The first-order chi connectivity index (χ1) is 20.4. The average molecular weight is 631 g/mol. The number of hydrogen-bond acceptors (Lipinski definition) is 6. The summed E-state index contributed by atoms with van der Waals surface area (Å²) in [4.78, 5) is 41.1. The number of alkyl halides is 3. The molecule has 1 aliphatic heterocycles. The fraction of sp³-hybridized carbons (Fsp3) is 0.455. The number of Topliss-reactive ketones (excluding diaryl/α,β-unsaturated/α-hetero) is 2. The molecule has 0 fully saturated rings. The SMILES string of the molecule is CCCN1C2=C(C(=O)CC(C)(C)C2)C(c2cc(Cl)ccc2Oc2ccc(C(F)(F)F)cc2[N+](=O)[O-])C2=C1CC(C)(C)CC2=O. The van der Waals surface area contributed by atoms with Crippen LogP contribution in [0.4, 0.5) is 18.9 Å². The molecule has 0 saturated carbocycles. The number of benzene rings is 2. The van der Waals surface area contributed by atoms with Gasteiger partial charge in [0.05, 0.1) is 10.5 Å². The van der Waals surface area contributed by atoms with Gasteiger partial charge < -0.3 is 9.64 Å². The molecule has 0 spiro atoms. The quantitative estimate of drug-likeness (QED) is 0.233. The third-order valence-electron chi connectivity index (χ3n) is 8.45. The number of halogens is 4. The normalized spacial score (nSPS) is 20.1. The van der Waals surface area contributed by atoms with Gasteiger partial charge in [-0.15, -0.1) is 0 Å². The van der Waals surface area contributed by atoms with Crippen molar-refractivity contribution in [2.75, 3.05) is 6.54 Å². The third kappa shape index (κ3) is 5.88. The standard InChI is InChI=1S/C33H34ClF3N2O5/c1-6-11-38-22-14-31(2,3)16-24(40)29(22)28(30-23(38)15-32(4,5)17-25(30)41)20-13-19(34)8-10-26(20)44-27-9-7-18(33(35,36)37)12-21(27)39(42)43/h7-10,12-13,28H,6,11,14-17H2,1-5H3. The molecule has 0 N–H and O–H groups in total. The van der Waals surface area contributed by atoms with Crippen molar-refractivity contribution in [1.29, 1.82) is 0 Å². The molecule has 2 aliphatic carbocycles. The van der Waals surface area contributed by atoms with Crippen molar-refractivity contribution in [2.45, 2.75) is 78.8 Å². The lowest BCUT2D eigenvalue weighted by atomic mass is 9.63. The summed E-state index contributed by atoms with van der Waals surface area (Å²) < 4.78 is 46.1. The summed E-state index contributed by atoms with van der Waals surface area (Å²) in [6.45, 7) is 10.8. The van der Waals surface area contributed by atoms with Crippen LogP contribution in [0, 0.1) is 20.9 Å². The van der Waals surface area contributed by atoms with Crippen LogP contribution in [0.1, 0.15) is 83.8 Å². The van der Waals surface area contributed by atoms with Gasteiger partial charge in [-0.25, -0.2) is 0 Å². The van der Waals surface area contributed by atoms with Gasteiger partial charge in [-0.2, -0.15) is 13.2 Å². The van der Waals surface area contributed by atoms with E-state index in [1.165, 1.54) is 12.1 Å². The predicted octanol–water partition coefficient (Wildman–Crippen LogP) is 9.15. The Labute approximate surface area is 258 Å². The zero-order chi connectivity index (χ0) is 32.4. The van der Waals surface area contributed by atoms with Crippen molar-refractivity contribution in [3.8, 4) is 11.5 Å². The topological polar surface area (TPSA) is 89.8 Å². The Kier molecular flexibility index (Phi) is 7.98. The number of hydrogen-bond donors (Lipinski definition) is 0. The minimum absolute atomic E-state index is 0.0557. The number of rotatable bonds is 6. The van der Waals surface area contributed by atoms with E-state index in [0.29, 0.717) is 48.2 Å². The fourth-order valence-corrected chi connectivity index (χ4v) is 6.91. The summed E-state index contributed by atoms with van der Waals surface area (Å²) in [5, 5.41) is 12.1. The highest BCUT2D eigenvalue weighted by atomic mass is 35.5. The molecule has 0 bridgehead atoms. The number of nitro groups is 1. The zero-order valence-corrected chi connectivity index (χ0v) is 26.0. The van der Waals surface area contributed by atoms with Crippen molar-refractivity contribution in [3.63, 3.8) is 0 Å². The first kappa shape index (κ1) is 31.8. The van der Waals surface area contributed by atoms with Crippen LogP contribution in [-0.2, 0) is 15.8 Å². The van der Waals surface area contributed by atoms with E-state index in [2.05, 4.69) is 4.90 Å². The van der Waals surface area contributed by atoms with Crippen LogP contribution in [0.2, 0.25) is 5.02 Å². The first-order valence-electron chi connectivity index (χ1n) is 14.6. The Balaban J connectivity index is 1.75. The van der Waals surface area contributed by atoms with Gasteiger partial charge in [0.25, 0.3) is 0 Å². The van der Waals surface area contributed by atoms with Crippen molar-refractivity contribution in [3.05, 3.63) is 85.2 Å². The van der Waals surface area contributed by atoms with Crippen LogP contribution >= 0.6 is 11.6 Å². The lowest BCUT2D eigenvalue weighted by Crippen LogP contribution is -2.44. The van der Waals surface area contributed by atoms with Crippen LogP contribution in [-0.4, -0.2) is 27.9 Å². The summed E-state index contributed by atoms with van der Waals surface area (Å²) in [6.07, 6.45) is -2.31. The molecule has 11 heteroatoms. The van der Waals surface area contributed by atoms with Crippen LogP contribution in [0.15, 0.2) is 58.9 Å². The molecule has 3 aliphatic rings. The second kappa shape index (κ2) is 11.1. The molecule has 7 nitrogen and oxygen atoms in total. The number of carbonyl (C=O) groups is 2. The second-order valence-corrected chi connectivity index (χ2v) is 13.8. The maximum atomic E-state index is 14.0. The first-order valence-corrected chi connectivity index (χ1v) is 14.9. The van der Waals surface area contributed by atoms with E-state index in [9.17, 15) is 32.9 Å². The Morgan fingerprint density at radius 2 is 1.48 bits per heavy atom. The van der Waals surface area contributed by atoms with Crippen molar-refractivity contribution < 1.29 is 32.4 Å². The summed E-state index contributed by atoms with van der Waals surface area (Å²) in [7, 11) is 0. The number of carbonyl (C=O) groups excluding carboxylic acids is 2. The number of ketones is 2. The highest BCUT2D eigenvalue weighted by Crippen LogP contribution is 2.56. The molecule has 0 amide bonds. The summed E-state index contributed by atoms with van der Waals surface area (Å²) >= 11 is 6.48. The minimum atomic E-state index is -4.79. The van der Waals surface area contributed by atoms with E-state index in [1.807, 2.05) is 34.6 Å². The highest BCUT2D eigenvalue weighted by Gasteiger charge is 2.49. The molecule has 1 heterocycles. The molecule has 234 valence electrons. The number of nitro benzene ring substituents is 1. The Morgan fingerprint density at radius 1 is 0.932 bits per heavy atom. The average Bonchev–Trinajstić information content (AvgIpc) is 2.88. The van der Waals surface area contributed by atoms with Gasteiger partial charge in [-0.05, 0) is 60.4 Å². The van der Waals surface area contributed by atoms with Crippen LogP contribution in [0.3, 0.4) is 0 Å². The number of nitrogens with zero attached hydrogens (tertiary/aromatic N) is 2. The summed E-state index contributed by atoms with van der Waals surface area (Å²) in [5.41, 5.74) is 0.264. The minimum Gasteiger partial charge on any atom is -0.450 e. The lowest BCUT2D eigenvalue weighted by molar-refractivity contribution is -0.385. The molecular weight excluding hydrogens is 597 g/mol. The Hall–Kier alpha value is -3.66. The monoisotopic (exact) mass is 630 g/mol. The van der Waals surface area contributed by atoms with Gasteiger partial charge in [-0.3, -0.25) is 19.7 Å². The van der Waals surface area contributed by atoms with E-state index in [0.717, 1.165) is 23.9 Å². The number of allylic oxidation sites excluding steroid dienone is 4. The van der Waals surface area contributed by atoms with E-state index >= 15 is 0 Å². The Morgan fingerprint density at radius 3 is 1.98 bits per heavy atom. The highest BCUT2D eigenvalue weighted by molar-refractivity contribution is 6.30. The molecule has 5 rings (SSSR count). The summed E-state index contributed by atoms with van der Waals surface area (Å²) in [5.74, 6) is -1.44. The molecule has 44 heavy (non-hydrogen) atoms. The smallest absolute Gasteiger partial charge is 0.416 e. The van der Waals surface area contributed by atoms with Gasteiger partial charge in [0.1, 0.15) is 5.75 Å².